The van der Waals surface area contributed by atoms with Crippen LogP contribution >= 0.6 is 0 Å². The molecule has 122 valence electrons. The maximum atomic E-state index is 12.2. The van der Waals surface area contributed by atoms with Crippen LogP contribution in [0.4, 0.5) is 0 Å². The Hall–Kier alpha value is -1.86. The second kappa shape index (κ2) is 7.95. The predicted octanol–water partition coefficient (Wildman–Crippen LogP) is -0.00430. The van der Waals surface area contributed by atoms with Crippen molar-refractivity contribution in [3.8, 4) is 5.75 Å². The lowest BCUT2D eigenvalue weighted by atomic mass is 10.3. The van der Waals surface area contributed by atoms with Crippen molar-refractivity contribution in [2.45, 2.75) is 19.4 Å². The molecule has 0 spiro atoms. The van der Waals surface area contributed by atoms with E-state index in [1.54, 1.807) is 27.8 Å². The first kappa shape index (κ1) is 16.5. The zero-order chi connectivity index (χ0) is 15.9. The van der Waals surface area contributed by atoms with Crippen LogP contribution in [0.2, 0.25) is 0 Å². The zero-order valence-electron chi connectivity index (χ0n) is 12.9. The zero-order valence-corrected chi connectivity index (χ0v) is 12.9. The third-order valence-corrected chi connectivity index (χ3v) is 3.69. The van der Waals surface area contributed by atoms with Gasteiger partial charge in [-0.15, -0.1) is 0 Å². The number of amides is 1. The van der Waals surface area contributed by atoms with Gasteiger partial charge in [-0.05, 0) is 19.1 Å². The standard InChI is InChI=1S/C15H23N3O4/c1-12(11-16)18-5-2-3-13(15(18)20)22-8-4-14(19)17-6-9-21-10-7-17/h2-3,5,12H,4,6-11,16H2,1H3. The fourth-order valence-electron chi connectivity index (χ4n) is 2.28. The molecule has 22 heavy (non-hydrogen) atoms. The number of morpholine rings is 1. The maximum Gasteiger partial charge on any atom is 0.293 e. The number of nitrogens with zero attached hydrogens (tertiary/aromatic N) is 2. The smallest absolute Gasteiger partial charge is 0.293 e. The van der Waals surface area contributed by atoms with Gasteiger partial charge in [-0.25, -0.2) is 0 Å². The lowest BCUT2D eigenvalue weighted by Gasteiger charge is -2.26. The number of hydrogen-bond acceptors (Lipinski definition) is 5. The molecule has 1 atom stereocenters. The molecule has 1 aromatic rings. The van der Waals surface area contributed by atoms with E-state index in [1.165, 1.54) is 0 Å². The molecule has 1 amide bonds. The first-order valence-electron chi connectivity index (χ1n) is 7.53. The summed E-state index contributed by atoms with van der Waals surface area (Å²) < 4.78 is 12.2. The predicted molar refractivity (Wildman–Crippen MR) is 82.0 cm³/mol. The number of carbonyl (C=O) groups excluding carboxylic acids is 1. The van der Waals surface area contributed by atoms with Gasteiger partial charge in [-0.1, -0.05) is 0 Å². The van der Waals surface area contributed by atoms with Crippen LogP contribution in [-0.4, -0.2) is 54.8 Å². The van der Waals surface area contributed by atoms with E-state index in [0.29, 0.717) is 32.8 Å². The highest BCUT2D eigenvalue weighted by Gasteiger charge is 2.17. The van der Waals surface area contributed by atoms with Crippen molar-refractivity contribution in [3.63, 3.8) is 0 Å². The van der Waals surface area contributed by atoms with Crippen LogP contribution in [0.3, 0.4) is 0 Å². The van der Waals surface area contributed by atoms with Gasteiger partial charge in [0.1, 0.15) is 0 Å². The Morgan fingerprint density at radius 1 is 1.45 bits per heavy atom. The second-order valence-corrected chi connectivity index (χ2v) is 5.26. The van der Waals surface area contributed by atoms with E-state index in [9.17, 15) is 9.59 Å². The van der Waals surface area contributed by atoms with Crippen LogP contribution in [0.15, 0.2) is 23.1 Å². The highest BCUT2D eigenvalue weighted by atomic mass is 16.5. The van der Waals surface area contributed by atoms with E-state index in [0.717, 1.165) is 0 Å². The van der Waals surface area contributed by atoms with Crippen molar-refractivity contribution >= 4 is 5.91 Å². The van der Waals surface area contributed by atoms with Crippen LogP contribution in [-0.2, 0) is 9.53 Å². The van der Waals surface area contributed by atoms with Gasteiger partial charge >= 0.3 is 0 Å². The van der Waals surface area contributed by atoms with Crippen molar-refractivity contribution in [3.05, 3.63) is 28.7 Å². The number of carbonyl (C=O) groups is 1. The van der Waals surface area contributed by atoms with E-state index < -0.39 is 0 Å². The van der Waals surface area contributed by atoms with Crippen LogP contribution in [0.1, 0.15) is 19.4 Å². The fourth-order valence-corrected chi connectivity index (χ4v) is 2.28. The van der Waals surface area contributed by atoms with Crippen molar-refractivity contribution in [2.75, 3.05) is 39.5 Å². The topological polar surface area (TPSA) is 86.8 Å². The molecule has 1 unspecified atom stereocenters. The molecule has 0 aromatic carbocycles. The molecule has 2 rings (SSSR count). The average Bonchev–Trinajstić information content (AvgIpc) is 2.56. The Morgan fingerprint density at radius 2 is 2.18 bits per heavy atom. The summed E-state index contributed by atoms with van der Waals surface area (Å²) in [6, 6.07) is 3.26. The van der Waals surface area contributed by atoms with Crippen LogP contribution in [0.5, 0.6) is 5.75 Å². The summed E-state index contributed by atoms with van der Waals surface area (Å²) in [7, 11) is 0. The van der Waals surface area contributed by atoms with Gasteiger partial charge in [0, 0.05) is 31.9 Å². The van der Waals surface area contributed by atoms with Gasteiger partial charge in [0.05, 0.1) is 26.2 Å². The molecule has 1 aliphatic rings. The summed E-state index contributed by atoms with van der Waals surface area (Å²) in [5.74, 6) is 0.271. The molecule has 0 saturated carbocycles. The molecule has 0 aliphatic carbocycles. The van der Waals surface area contributed by atoms with E-state index in [4.69, 9.17) is 15.2 Å². The molecule has 7 heteroatoms. The summed E-state index contributed by atoms with van der Waals surface area (Å²) in [6.45, 7) is 4.81. The van der Waals surface area contributed by atoms with E-state index in [-0.39, 0.29) is 36.3 Å². The molecule has 1 aliphatic heterocycles. The van der Waals surface area contributed by atoms with Gasteiger partial charge < -0.3 is 24.7 Å². The Morgan fingerprint density at radius 3 is 2.86 bits per heavy atom. The minimum Gasteiger partial charge on any atom is -0.487 e. The number of nitrogens with two attached hydrogens (primary N) is 1. The molecule has 1 fully saturated rings. The van der Waals surface area contributed by atoms with Gasteiger partial charge in [-0.3, -0.25) is 9.59 Å². The lowest BCUT2D eigenvalue weighted by Crippen LogP contribution is -2.41. The summed E-state index contributed by atoms with van der Waals surface area (Å²) in [6.07, 6.45) is 1.94. The van der Waals surface area contributed by atoms with Gasteiger partial charge in [0.15, 0.2) is 5.75 Å². The quantitative estimate of drug-likeness (QED) is 0.799. The number of pyridine rings is 1. The largest absolute Gasteiger partial charge is 0.487 e. The average molecular weight is 309 g/mol. The third-order valence-electron chi connectivity index (χ3n) is 3.69. The van der Waals surface area contributed by atoms with Crippen LogP contribution < -0.4 is 16.0 Å². The van der Waals surface area contributed by atoms with E-state index in [2.05, 4.69) is 0 Å². The summed E-state index contributed by atoms with van der Waals surface area (Å²) in [5, 5.41) is 0. The molecule has 1 saturated heterocycles. The molecule has 2 heterocycles. The minimum absolute atomic E-state index is 0.0230. The number of rotatable bonds is 6. The fraction of sp³-hybridized carbons (Fsp3) is 0.600. The van der Waals surface area contributed by atoms with Crippen molar-refractivity contribution in [1.82, 2.24) is 9.47 Å². The summed E-state index contributed by atoms with van der Waals surface area (Å²) in [4.78, 5) is 26.0. The first-order valence-corrected chi connectivity index (χ1v) is 7.53. The molecule has 0 bridgehead atoms. The third kappa shape index (κ3) is 4.08. The summed E-state index contributed by atoms with van der Waals surface area (Å²) in [5.41, 5.74) is 5.36. The number of hydrogen-bond donors (Lipinski definition) is 1. The van der Waals surface area contributed by atoms with Gasteiger partial charge in [0.25, 0.3) is 5.56 Å². The highest BCUT2D eigenvalue weighted by molar-refractivity contribution is 5.76. The van der Waals surface area contributed by atoms with Gasteiger partial charge in [0.2, 0.25) is 5.91 Å². The van der Waals surface area contributed by atoms with Crippen molar-refractivity contribution in [1.29, 1.82) is 0 Å². The van der Waals surface area contributed by atoms with Crippen molar-refractivity contribution < 1.29 is 14.3 Å². The maximum absolute atomic E-state index is 12.2. The number of ether oxygens (including phenoxy) is 2. The number of aromatic nitrogens is 1. The summed E-state index contributed by atoms with van der Waals surface area (Å²) >= 11 is 0. The van der Waals surface area contributed by atoms with Gasteiger partial charge in [-0.2, -0.15) is 0 Å². The Balaban J connectivity index is 1.89. The Kier molecular flexibility index (Phi) is 5.97. The minimum atomic E-state index is -0.223. The van der Waals surface area contributed by atoms with E-state index in [1.807, 2.05) is 6.92 Å². The molecular formula is C15H23N3O4. The Bertz CT molecular complexity index is 552. The molecule has 1 aromatic heterocycles. The molecule has 0 radical (unpaired) electrons. The normalized spacial score (nSPS) is 16.4. The highest BCUT2D eigenvalue weighted by Crippen LogP contribution is 2.07. The monoisotopic (exact) mass is 309 g/mol. The molecule has 7 nitrogen and oxygen atoms in total. The lowest BCUT2D eigenvalue weighted by molar-refractivity contribution is -0.135. The van der Waals surface area contributed by atoms with Crippen LogP contribution in [0, 0.1) is 0 Å². The Labute approximate surface area is 129 Å². The molecular weight excluding hydrogens is 286 g/mol. The first-order chi connectivity index (χ1) is 10.6. The SMILES string of the molecule is CC(CN)n1cccc(OCCC(=O)N2CCOCC2)c1=O. The van der Waals surface area contributed by atoms with Crippen molar-refractivity contribution in [2.24, 2.45) is 5.73 Å². The van der Waals surface area contributed by atoms with E-state index >= 15 is 0 Å². The van der Waals surface area contributed by atoms with Crippen LogP contribution in [0.25, 0.3) is 0 Å². The molecule has 2 N–H and O–H groups in total. The second-order valence-electron chi connectivity index (χ2n) is 5.26.